The minimum absolute atomic E-state index is 0.100. The highest BCUT2D eigenvalue weighted by Gasteiger charge is 2.31. The molecule has 0 aromatic heterocycles. The van der Waals surface area contributed by atoms with Gasteiger partial charge in [-0.3, -0.25) is 4.79 Å². The van der Waals surface area contributed by atoms with Crippen LogP contribution in [0.2, 0.25) is 0 Å². The molecule has 0 radical (unpaired) electrons. The average Bonchev–Trinajstić information content (AvgIpc) is 2.54. The number of benzene rings is 2. The maximum Gasteiger partial charge on any atom is 0.230 e. The molecule has 2 rings (SSSR count). The van der Waals surface area contributed by atoms with Crippen LogP contribution in [-0.4, -0.2) is 17.6 Å². The summed E-state index contributed by atoms with van der Waals surface area (Å²) in [5.41, 5.74) is 1.20. The summed E-state index contributed by atoms with van der Waals surface area (Å²) in [6.07, 6.45) is 0. The fourth-order valence-corrected chi connectivity index (χ4v) is 2.24. The summed E-state index contributed by atoms with van der Waals surface area (Å²) in [6.45, 7) is 3.65. The fourth-order valence-electron chi connectivity index (χ4n) is 2.24. The number of amides is 1. The van der Waals surface area contributed by atoms with Gasteiger partial charge in [-0.2, -0.15) is 0 Å². The minimum Gasteiger partial charge on any atom is -0.394 e. The second-order valence-electron chi connectivity index (χ2n) is 5.61. The van der Waals surface area contributed by atoms with E-state index >= 15 is 0 Å². The molecule has 0 aliphatic carbocycles. The predicted octanol–water partition coefficient (Wildman–Crippen LogP) is 2.81. The first-order chi connectivity index (χ1) is 10.1. The third-order valence-corrected chi connectivity index (χ3v) is 3.75. The molecular weight excluding hydrogens is 262 g/mol. The lowest BCUT2D eigenvalue weighted by molar-refractivity contribution is -0.126. The van der Waals surface area contributed by atoms with Crippen molar-refractivity contribution in [2.45, 2.75) is 25.3 Å². The van der Waals surface area contributed by atoms with E-state index in [1.54, 1.807) is 0 Å². The van der Waals surface area contributed by atoms with E-state index in [0.29, 0.717) is 0 Å². The fraction of sp³-hybridized carbons (Fsp3) is 0.278. The first-order valence-corrected chi connectivity index (χ1v) is 7.08. The van der Waals surface area contributed by atoms with Gasteiger partial charge in [0.15, 0.2) is 0 Å². The molecule has 2 aromatic carbocycles. The molecule has 0 aliphatic heterocycles. The van der Waals surface area contributed by atoms with Crippen molar-refractivity contribution in [2.75, 3.05) is 6.61 Å². The summed E-state index contributed by atoms with van der Waals surface area (Å²) < 4.78 is 0. The van der Waals surface area contributed by atoms with Crippen molar-refractivity contribution < 1.29 is 9.90 Å². The Kier molecular flexibility index (Phi) is 4.76. The van der Waals surface area contributed by atoms with Gasteiger partial charge in [-0.1, -0.05) is 60.7 Å². The minimum atomic E-state index is -0.649. The molecule has 1 atom stereocenters. The van der Waals surface area contributed by atoms with Crippen molar-refractivity contribution >= 4 is 5.91 Å². The summed E-state index contributed by atoms with van der Waals surface area (Å²) in [5, 5.41) is 12.5. The van der Waals surface area contributed by atoms with Crippen LogP contribution < -0.4 is 5.32 Å². The maximum atomic E-state index is 12.6. The lowest BCUT2D eigenvalue weighted by Gasteiger charge is -2.27. The molecule has 0 bridgehead atoms. The molecule has 2 N–H and O–H groups in total. The van der Waals surface area contributed by atoms with E-state index in [4.69, 9.17) is 0 Å². The Hall–Kier alpha value is -2.13. The van der Waals surface area contributed by atoms with E-state index in [9.17, 15) is 9.90 Å². The highest BCUT2D eigenvalue weighted by Crippen LogP contribution is 2.24. The van der Waals surface area contributed by atoms with Gasteiger partial charge in [0.1, 0.15) is 0 Å². The van der Waals surface area contributed by atoms with E-state index < -0.39 is 5.41 Å². The number of nitrogens with one attached hydrogen (secondary N) is 1. The zero-order chi connectivity index (χ0) is 15.3. The third-order valence-electron chi connectivity index (χ3n) is 3.75. The SMILES string of the molecule is CC(C)(C(=O)NC(CO)c1ccccc1)c1ccccc1. The Bertz CT molecular complexity index is 579. The molecule has 0 saturated carbocycles. The molecule has 1 unspecified atom stereocenters. The van der Waals surface area contributed by atoms with Crippen molar-refractivity contribution in [3.8, 4) is 0 Å². The monoisotopic (exact) mass is 283 g/mol. The van der Waals surface area contributed by atoms with Crippen LogP contribution in [0.4, 0.5) is 0 Å². The Labute approximate surface area is 125 Å². The first kappa shape index (κ1) is 15.3. The molecule has 1 amide bonds. The largest absolute Gasteiger partial charge is 0.394 e. The zero-order valence-electron chi connectivity index (χ0n) is 12.4. The van der Waals surface area contributed by atoms with Crippen LogP contribution in [0.3, 0.4) is 0 Å². The molecule has 2 aromatic rings. The lowest BCUT2D eigenvalue weighted by Crippen LogP contribution is -2.42. The summed E-state index contributed by atoms with van der Waals surface area (Å²) in [7, 11) is 0. The van der Waals surface area contributed by atoms with Gasteiger partial charge in [-0.25, -0.2) is 0 Å². The van der Waals surface area contributed by atoms with E-state index in [1.165, 1.54) is 0 Å². The molecule has 110 valence electrons. The van der Waals surface area contributed by atoms with Crippen LogP contribution >= 0.6 is 0 Å². The van der Waals surface area contributed by atoms with Crippen LogP contribution in [-0.2, 0) is 10.2 Å². The molecule has 0 aliphatic rings. The molecule has 0 spiro atoms. The molecule has 0 fully saturated rings. The van der Waals surface area contributed by atoms with Crippen LogP contribution in [0.15, 0.2) is 60.7 Å². The smallest absolute Gasteiger partial charge is 0.230 e. The zero-order valence-corrected chi connectivity index (χ0v) is 12.4. The van der Waals surface area contributed by atoms with Crippen LogP contribution in [0.25, 0.3) is 0 Å². The van der Waals surface area contributed by atoms with E-state index in [2.05, 4.69) is 5.32 Å². The molecule has 3 nitrogen and oxygen atoms in total. The van der Waals surface area contributed by atoms with Crippen molar-refractivity contribution in [2.24, 2.45) is 0 Å². The Morgan fingerprint density at radius 2 is 1.57 bits per heavy atom. The number of carbonyl (C=O) groups excluding carboxylic acids is 1. The number of hydrogen-bond acceptors (Lipinski definition) is 2. The van der Waals surface area contributed by atoms with E-state index in [0.717, 1.165) is 11.1 Å². The first-order valence-electron chi connectivity index (χ1n) is 7.08. The van der Waals surface area contributed by atoms with Gasteiger partial charge in [-0.05, 0) is 25.0 Å². The summed E-state index contributed by atoms with van der Waals surface area (Å²) in [4.78, 5) is 12.6. The number of aliphatic hydroxyl groups is 1. The van der Waals surface area contributed by atoms with Gasteiger partial charge in [0, 0.05) is 0 Å². The second kappa shape index (κ2) is 6.55. The highest BCUT2D eigenvalue weighted by atomic mass is 16.3. The number of aliphatic hydroxyl groups excluding tert-OH is 1. The predicted molar refractivity (Wildman–Crippen MR) is 83.9 cm³/mol. The molecule has 21 heavy (non-hydrogen) atoms. The van der Waals surface area contributed by atoms with Crippen molar-refractivity contribution in [3.63, 3.8) is 0 Å². The van der Waals surface area contributed by atoms with Gasteiger partial charge in [-0.15, -0.1) is 0 Å². The topological polar surface area (TPSA) is 49.3 Å². The van der Waals surface area contributed by atoms with Gasteiger partial charge < -0.3 is 10.4 Å². The Morgan fingerprint density at radius 3 is 2.10 bits per heavy atom. The van der Waals surface area contributed by atoms with Gasteiger partial charge >= 0.3 is 0 Å². The summed E-state index contributed by atoms with van der Waals surface area (Å²) >= 11 is 0. The van der Waals surface area contributed by atoms with Crippen LogP contribution in [0.1, 0.15) is 31.0 Å². The second-order valence-corrected chi connectivity index (χ2v) is 5.61. The normalized spacial score (nSPS) is 12.7. The standard InChI is InChI=1S/C18H21NO2/c1-18(2,15-11-7-4-8-12-15)17(21)19-16(13-20)14-9-5-3-6-10-14/h3-12,16,20H,13H2,1-2H3,(H,19,21). The van der Waals surface area contributed by atoms with Crippen molar-refractivity contribution in [1.82, 2.24) is 5.32 Å². The molecule has 0 heterocycles. The number of rotatable bonds is 5. The molecule has 0 saturated heterocycles. The van der Waals surface area contributed by atoms with E-state index in [-0.39, 0.29) is 18.6 Å². The van der Waals surface area contributed by atoms with Gasteiger partial charge in [0.05, 0.1) is 18.1 Å². The average molecular weight is 283 g/mol. The maximum absolute atomic E-state index is 12.6. The van der Waals surface area contributed by atoms with E-state index in [1.807, 2.05) is 74.5 Å². The molecule has 3 heteroatoms. The lowest BCUT2D eigenvalue weighted by atomic mass is 9.83. The van der Waals surface area contributed by atoms with Gasteiger partial charge in [0.2, 0.25) is 5.91 Å². The number of carbonyl (C=O) groups is 1. The van der Waals surface area contributed by atoms with Crippen LogP contribution in [0, 0.1) is 0 Å². The van der Waals surface area contributed by atoms with Crippen molar-refractivity contribution in [3.05, 3.63) is 71.8 Å². The quantitative estimate of drug-likeness (QED) is 0.886. The number of hydrogen-bond donors (Lipinski definition) is 2. The van der Waals surface area contributed by atoms with Crippen molar-refractivity contribution in [1.29, 1.82) is 0 Å². The third kappa shape index (κ3) is 3.50. The summed E-state index contributed by atoms with van der Waals surface area (Å²) in [6, 6.07) is 18.8. The van der Waals surface area contributed by atoms with Gasteiger partial charge in [0.25, 0.3) is 0 Å². The Balaban J connectivity index is 2.16. The Morgan fingerprint density at radius 1 is 1.05 bits per heavy atom. The van der Waals surface area contributed by atoms with Crippen LogP contribution in [0.5, 0.6) is 0 Å². The summed E-state index contributed by atoms with van der Waals surface area (Å²) in [5.74, 6) is -0.100. The highest BCUT2D eigenvalue weighted by molar-refractivity contribution is 5.87. The molecular formula is C18H21NO2.